The number of ether oxygens (including phenoxy) is 1. The van der Waals surface area contributed by atoms with E-state index in [0.717, 1.165) is 31.4 Å². The highest BCUT2D eigenvalue weighted by Gasteiger charge is 2.44. The molecule has 0 fully saturated rings. The number of amides is 2. The van der Waals surface area contributed by atoms with Gasteiger partial charge in [0.1, 0.15) is 11.8 Å². The Morgan fingerprint density at radius 1 is 1.19 bits per heavy atom. The Morgan fingerprint density at radius 3 is 2.61 bits per heavy atom. The average Bonchev–Trinajstić information content (AvgIpc) is 2.91. The fourth-order valence-electron chi connectivity index (χ4n) is 4.34. The number of halogens is 2. The standard InChI is InChI=1S/C27H30BrN3O3S.ClH/c1-16(29-4)25(32)30-24-26(33)31(21-8-6-7-9-23(21)35-27(24,2)3)15-20-19-12-11-18(28)14-17(19)10-13-22(20)34-5;/h6-14,16,24,29H,15H2,1-5H3,(H,30,32);1H/t16-,24+;/m1./s1. The van der Waals surface area contributed by atoms with Crippen LogP contribution >= 0.6 is 40.1 Å². The van der Waals surface area contributed by atoms with Gasteiger partial charge in [-0.05, 0) is 68.9 Å². The van der Waals surface area contributed by atoms with Crippen LogP contribution in [0.1, 0.15) is 26.3 Å². The monoisotopic (exact) mass is 591 g/mol. The van der Waals surface area contributed by atoms with Crippen LogP contribution in [0.5, 0.6) is 5.75 Å². The maximum absolute atomic E-state index is 14.2. The lowest BCUT2D eigenvalue weighted by Crippen LogP contribution is -2.58. The molecule has 6 nitrogen and oxygen atoms in total. The zero-order chi connectivity index (χ0) is 25.3. The van der Waals surface area contributed by atoms with Gasteiger partial charge in [-0.15, -0.1) is 24.2 Å². The van der Waals surface area contributed by atoms with Crippen LogP contribution in [0.15, 0.2) is 64.0 Å². The van der Waals surface area contributed by atoms with E-state index < -0.39 is 16.8 Å². The van der Waals surface area contributed by atoms with Crippen molar-refractivity contribution in [3.05, 3.63) is 64.6 Å². The van der Waals surface area contributed by atoms with Gasteiger partial charge in [0, 0.05) is 19.7 Å². The van der Waals surface area contributed by atoms with Gasteiger partial charge in [-0.3, -0.25) is 9.59 Å². The number of likely N-dealkylation sites (N-methyl/N-ethyl adjacent to an activating group) is 1. The second kappa shape index (κ2) is 11.4. The molecule has 0 saturated heterocycles. The van der Waals surface area contributed by atoms with E-state index in [2.05, 4.69) is 32.6 Å². The van der Waals surface area contributed by atoms with Crippen LogP contribution in [0.2, 0.25) is 0 Å². The number of nitrogens with zero attached hydrogens (tertiary/aromatic N) is 1. The summed E-state index contributed by atoms with van der Waals surface area (Å²) in [5.74, 6) is 0.351. The van der Waals surface area contributed by atoms with Crippen molar-refractivity contribution in [1.29, 1.82) is 0 Å². The number of carbonyl (C=O) groups excluding carboxylic acids is 2. The van der Waals surface area contributed by atoms with Crippen molar-refractivity contribution in [1.82, 2.24) is 10.6 Å². The SMILES string of the molecule is CN[C@H](C)C(=O)N[C@H]1C(=O)N(Cc2c(OC)ccc3cc(Br)ccc23)c2ccccc2SC1(C)C.Cl. The van der Waals surface area contributed by atoms with Crippen molar-refractivity contribution < 1.29 is 14.3 Å². The Labute approximate surface area is 231 Å². The number of hydrogen-bond donors (Lipinski definition) is 2. The van der Waals surface area contributed by atoms with Crippen molar-refractivity contribution in [3.63, 3.8) is 0 Å². The second-order valence-corrected chi connectivity index (χ2v) is 11.8. The number of para-hydroxylation sites is 1. The minimum absolute atomic E-state index is 0. The first-order valence-electron chi connectivity index (χ1n) is 11.5. The Balaban J connectivity index is 0.00000361. The molecule has 2 atom stereocenters. The highest BCUT2D eigenvalue weighted by Crippen LogP contribution is 2.45. The summed E-state index contributed by atoms with van der Waals surface area (Å²) >= 11 is 5.15. The first-order valence-corrected chi connectivity index (χ1v) is 13.1. The second-order valence-electron chi connectivity index (χ2n) is 9.16. The lowest BCUT2D eigenvalue weighted by molar-refractivity contribution is -0.129. The summed E-state index contributed by atoms with van der Waals surface area (Å²) in [6, 6.07) is 16.8. The molecule has 0 spiro atoms. The van der Waals surface area contributed by atoms with Crippen molar-refractivity contribution in [2.75, 3.05) is 19.1 Å². The third-order valence-electron chi connectivity index (χ3n) is 6.44. The van der Waals surface area contributed by atoms with Gasteiger partial charge in [0.05, 0.1) is 25.4 Å². The molecule has 3 aromatic rings. The Kier molecular flexibility index (Phi) is 8.98. The number of methoxy groups -OCH3 is 1. The van der Waals surface area contributed by atoms with Crippen LogP contribution < -0.4 is 20.3 Å². The lowest BCUT2D eigenvalue weighted by atomic mass is 9.99. The topological polar surface area (TPSA) is 70.7 Å². The highest BCUT2D eigenvalue weighted by atomic mass is 79.9. The Hall–Kier alpha value is -2.26. The van der Waals surface area contributed by atoms with Gasteiger partial charge in [-0.2, -0.15) is 0 Å². The zero-order valence-corrected chi connectivity index (χ0v) is 24.1. The number of benzene rings is 3. The smallest absolute Gasteiger partial charge is 0.251 e. The Bertz CT molecular complexity index is 1290. The first-order chi connectivity index (χ1) is 16.7. The van der Waals surface area contributed by atoms with E-state index in [-0.39, 0.29) is 24.2 Å². The van der Waals surface area contributed by atoms with Crippen LogP contribution in [0.3, 0.4) is 0 Å². The predicted molar refractivity (Wildman–Crippen MR) is 153 cm³/mol. The van der Waals surface area contributed by atoms with E-state index in [1.54, 1.807) is 37.7 Å². The molecule has 0 radical (unpaired) electrons. The summed E-state index contributed by atoms with van der Waals surface area (Å²) in [5, 5.41) is 8.04. The molecule has 192 valence electrons. The van der Waals surface area contributed by atoms with E-state index in [4.69, 9.17) is 4.74 Å². The largest absolute Gasteiger partial charge is 0.496 e. The molecular weight excluding hydrogens is 562 g/mol. The maximum Gasteiger partial charge on any atom is 0.251 e. The summed E-state index contributed by atoms with van der Waals surface area (Å²) in [6.45, 7) is 6.09. The van der Waals surface area contributed by atoms with Gasteiger partial charge in [0.15, 0.2) is 0 Å². The van der Waals surface area contributed by atoms with Gasteiger partial charge in [0.2, 0.25) is 5.91 Å². The minimum Gasteiger partial charge on any atom is -0.496 e. The number of fused-ring (bicyclic) bond motifs is 2. The van der Waals surface area contributed by atoms with Gasteiger partial charge < -0.3 is 20.3 Å². The zero-order valence-electron chi connectivity index (χ0n) is 20.9. The molecule has 4 rings (SSSR count). The number of anilines is 1. The van der Waals surface area contributed by atoms with E-state index in [9.17, 15) is 9.59 Å². The van der Waals surface area contributed by atoms with E-state index in [0.29, 0.717) is 12.3 Å². The van der Waals surface area contributed by atoms with E-state index >= 15 is 0 Å². The van der Waals surface area contributed by atoms with Crippen molar-refractivity contribution in [2.24, 2.45) is 0 Å². The van der Waals surface area contributed by atoms with E-state index in [1.165, 1.54) is 0 Å². The normalized spacial score (nSPS) is 17.6. The molecule has 1 aliphatic rings. The van der Waals surface area contributed by atoms with Gasteiger partial charge >= 0.3 is 0 Å². The molecule has 2 amide bonds. The Morgan fingerprint density at radius 2 is 1.92 bits per heavy atom. The number of rotatable bonds is 6. The summed E-state index contributed by atoms with van der Waals surface area (Å²) in [5.41, 5.74) is 1.74. The van der Waals surface area contributed by atoms with Gasteiger partial charge in [-0.25, -0.2) is 0 Å². The molecule has 0 aromatic heterocycles. The predicted octanol–water partition coefficient (Wildman–Crippen LogP) is 5.54. The third-order valence-corrected chi connectivity index (χ3v) is 8.26. The molecule has 1 aliphatic heterocycles. The molecule has 3 aromatic carbocycles. The fourth-order valence-corrected chi connectivity index (χ4v) is 5.99. The highest BCUT2D eigenvalue weighted by molar-refractivity contribution is 9.10. The molecule has 1 heterocycles. The van der Waals surface area contributed by atoms with Gasteiger partial charge in [-0.1, -0.05) is 40.2 Å². The summed E-state index contributed by atoms with van der Waals surface area (Å²) in [6.07, 6.45) is 0. The minimum atomic E-state index is -0.724. The molecule has 0 aliphatic carbocycles. The molecule has 0 saturated carbocycles. The van der Waals surface area contributed by atoms with E-state index in [1.807, 2.05) is 62.4 Å². The molecule has 36 heavy (non-hydrogen) atoms. The summed E-state index contributed by atoms with van der Waals surface area (Å²) in [7, 11) is 3.37. The fraction of sp³-hybridized carbons (Fsp3) is 0.333. The number of carbonyl (C=O) groups is 2. The summed E-state index contributed by atoms with van der Waals surface area (Å²) < 4.78 is 6.14. The van der Waals surface area contributed by atoms with Crippen molar-refractivity contribution in [2.45, 2.75) is 49.0 Å². The van der Waals surface area contributed by atoms with Gasteiger partial charge in [0.25, 0.3) is 5.91 Å². The third kappa shape index (κ3) is 5.52. The quantitative estimate of drug-likeness (QED) is 0.393. The molecule has 0 unspecified atom stereocenters. The summed E-state index contributed by atoms with van der Waals surface area (Å²) in [4.78, 5) is 29.8. The lowest BCUT2D eigenvalue weighted by Gasteiger charge is -2.34. The van der Waals surface area contributed by atoms with Crippen molar-refractivity contribution >= 4 is 68.4 Å². The van der Waals surface area contributed by atoms with Crippen LogP contribution in [0.25, 0.3) is 10.8 Å². The number of thioether (sulfide) groups is 1. The molecular formula is C27H31BrClN3O3S. The van der Waals surface area contributed by atoms with Crippen molar-refractivity contribution in [3.8, 4) is 5.75 Å². The molecule has 2 N–H and O–H groups in total. The number of hydrogen-bond acceptors (Lipinski definition) is 5. The maximum atomic E-state index is 14.2. The number of nitrogens with one attached hydrogen (secondary N) is 2. The van der Waals surface area contributed by atoms with Crippen LogP contribution in [-0.2, 0) is 16.1 Å². The molecule has 0 bridgehead atoms. The first kappa shape index (κ1) is 28.3. The average molecular weight is 593 g/mol. The van der Waals surface area contributed by atoms with Crippen LogP contribution in [0.4, 0.5) is 5.69 Å². The molecule has 9 heteroatoms. The van der Waals surface area contributed by atoms with Crippen LogP contribution in [-0.4, -0.2) is 42.8 Å². The van der Waals surface area contributed by atoms with Crippen LogP contribution in [0, 0.1) is 0 Å².